The van der Waals surface area contributed by atoms with Gasteiger partial charge < -0.3 is 15.5 Å². The number of hydrogen-bond acceptors (Lipinski definition) is 6. The van der Waals surface area contributed by atoms with E-state index in [-0.39, 0.29) is 13.1 Å². The van der Waals surface area contributed by atoms with Gasteiger partial charge >= 0.3 is 11.9 Å². The van der Waals surface area contributed by atoms with Gasteiger partial charge in [0.05, 0.1) is 18.3 Å². The summed E-state index contributed by atoms with van der Waals surface area (Å²) in [6.07, 6.45) is -0.836. The van der Waals surface area contributed by atoms with Crippen molar-refractivity contribution in [3.63, 3.8) is 0 Å². The second-order valence-electron chi connectivity index (χ2n) is 9.58. The molecule has 2 saturated heterocycles. The van der Waals surface area contributed by atoms with Gasteiger partial charge in [0, 0.05) is 24.8 Å². The standard InChI is InChI=1S/C29H27N3O6/c33-22(34)17-29(28(37)38)24-23(26(35)32(27(24)36)16-15-30-21-9-5-2-6-10-21)25(31-29)20-13-11-19(12-14-20)18-7-3-1-4-8-18/h1-14,23-25,30-31H,15-17H2,(H,33,34)(H,37,38). The molecule has 0 aliphatic carbocycles. The number of anilines is 1. The van der Waals surface area contributed by atoms with Crippen molar-refractivity contribution in [3.8, 4) is 11.1 Å². The number of rotatable bonds is 9. The largest absolute Gasteiger partial charge is 0.481 e. The van der Waals surface area contributed by atoms with E-state index < -0.39 is 53.6 Å². The zero-order valence-corrected chi connectivity index (χ0v) is 20.4. The fraction of sp³-hybridized carbons (Fsp3) is 0.241. The second-order valence-corrected chi connectivity index (χ2v) is 9.58. The molecule has 2 heterocycles. The lowest BCUT2D eigenvalue weighted by atomic mass is 9.77. The van der Waals surface area contributed by atoms with Crippen molar-refractivity contribution < 1.29 is 29.4 Å². The molecule has 5 rings (SSSR count). The maximum Gasteiger partial charge on any atom is 0.325 e. The number of hydrogen-bond donors (Lipinski definition) is 4. The molecule has 2 aliphatic heterocycles. The third-order valence-corrected chi connectivity index (χ3v) is 7.37. The minimum Gasteiger partial charge on any atom is -0.481 e. The van der Waals surface area contributed by atoms with Crippen molar-refractivity contribution >= 4 is 29.4 Å². The van der Waals surface area contributed by atoms with Crippen molar-refractivity contribution in [3.05, 3.63) is 90.5 Å². The smallest absolute Gasteiger partial charge is 0.325 e. The third-order valence-electron chi connectivity index (χ3n) is 7.37. The second kappa shape index (κ2) is 10.1. The van der Waals surface area contributed by atoms with Gasteiger partial charge in [-0.15, -0.1) is 0 Å². The van der Waals surface area contributed by atoms with E-state index in [1.165, 1.54) is 0 Å². The molecule has 194 valence electrons. The molecule has 2 fully saturated rings. The molecule has 4 N–H and O–H groups in total. The lowest BCUT2D eigenvalue weighted by Crippen LogP contribution is -2.57. The van der Waals surface area contributed by atoms with E-state index in [2.05, 4.69) is 10.6 Å². The first-order valence-electron chi connectivity index (χ1n) is 12.3. The van der Waals surface area contributed by atoms with E-state index in [0.717, 1.165) is 21.7 Å². The Morgan fingerprint density at radius 2 is 1.45 bits per heavy atom. The van der Waals surface area contributed by atoms with Crippen LogP contribution in [-0.2, 0) is 19.2 Å². The highest BCUT2D eigenvalue weighted by atomic mass is 16.4. The zero-order chi connectivity index (χ0) is 26.9. The average Bonchev–Trinajstić information content (AvgIpc) is 3.39. The number of carbonyl (C=O) groups excluding carboxylic acids is 2. The van der Waals surface area contributed by atoms with Crippen LogP contribution < -0.4 is 10.6 Å². The van der Waals surface area contributed by atoms with Gasteiger partial charge in [0.15, 0.2) is 0 Å². The number of benzene rings is 3. The molecule has 2 aliphatic rings. The van der Waals surface area contributed by atoms with Gasteiger partial charge in [0.2, 0.25) is 11.8 Å². The summed E-state index contributed by atoms with van der Waals surface area (Å²) in [5.74, 6) is -6.41. The fourth-order valence-corrected chi connectivity index (χ4v) is 5.62. The molecule has 38 heavy (non-hydrogen) atoms. The Hall–Kier alpha value is -4.50. The van der Waals surface area contributed by atoms with Gasteiger partial charge in [-0.25, -0.2) is 0 Å². The number of aliphatic carboxylic acids is 2. The predicted molar refractivity (Wildman–Crippen MR) is 139 cm³/mol. The highest BCUT2D eigenvalue weighted by Gasteiger charge is 2.68. The van der Waals surface area contributed by atoms with E-state index >= 15 is 0 Å². The maximum atomic E-state index is 13.6. The first-order valence-corrected chi connectivity index (χ1v) is 12.3. The molecule has 3 aromatic carbocycles. The highest BCUT2D eigenvalue weighted by Crippen LogP contribution is 2.50. The van der Waals surface area contributed by atoms with E-state index in [1.807, 2.05) is 72.8 Å². The molecule has 0 saturated carbocycles. The average molecular weight is 514 g/mol. The van der Waals surface area contributed by atoms with E-state index in [1.54, 1.807) is 12.1 Å². The van der Waals surface area contributed by atoms with Crippen LogP contribution in [0.5, 0.6) is 0 Å². The lowest BCUT2D eigenvalue weighted by molar-refractivity contribution is -0.155. The molecule has 3 aromatic rings. The summed E-state index contributed by atoms with van der Waals surface area (Å²) in [4.78, 5) is 52.5. The Morgan fingerprint density at radius 1 is 0.842 bits per heavy atom. The first kappa shape index (κ1) is 25.2. The SMILES string of the molecule is O=C(O)CC1(C(=O)O)NC(c2ccc(-c3ccccc3)cc2)C2C(=O)N(CCNc3ccccc3)C(=O)C21. The van der Waals surface area contributed by atoms with Crippen LogP contribution >= 0.6 is 0 Å². The number of nitrogens with one attached hydrogen (secondary N) is 2. The number of imide groups is 1. The van der Waals surface area contributed by atoms with Gasteiger partial charge in [-0.1, -0.05) is 72.8 Å². The molecule has 0 radical (unpaired) electrons. The summed E-state index contributed by atoms with van der Waals surface area (Å²) in [5, 5.41) is 25.9. The van der Waals surface area contributed by atoms with E-state index in [4.69, 9.17) is 0 Å². The molecule has 0 aromatic heterocycles. The lowest BCUT2D eigenvalue weighted by Gasteiger charge is -2.29. The molecular weight excluding hydrogens is 486 g/mol. The summed E-state index contributed by atoms with van der Waals surface area (Å²) in [5.41, 5.74) is 1.23. The van der Waals surface area contributed by atoms with Crippen molar-refractivity contribution in [1.29, 1.82) is 0 Å². The Bertz CT molecular complexity index is 1360. The normalized spacial score (nSPS) is 24.3. The number of carboxylic acids is 2. The number of amides is 2. The third kappa shape index (κ3) is 4.41. The topological polar surface area (TPSA) is 136 Å². The molecule has 0 bridgehead atoms. The summed E-state index contributed by atoms with van der Waals surface area (Å²) >= 11 is 0. The maximum absolute atomic E-state index is 13.6. The van der Waals surface area contributed by atoms with Crippen LogP contribution in [0.2, 0.25) is 0 Å². The monoisotopic (exact) mass is 513 g/mol. The van der Waals surface area contributed by atoms with Crippen LogP contribution in [0.3, 0.4) is 0 Å². The van der Waals surface area contributed by atoms with Crippen LogP contribution in [0.25, 0.3) is 11.1 Å². The zero-order valence-electron chi connectivity index (χ0n) is 20.4. The molecule has 4 atom stereocenters. The van der Waals surface area contributed by atoms with Gasteiger partial charge in [0.25, 0.3) is 0 Å². The van der Waals surface area contributed by atoms with Crippen LogP contribution in [0, 0.1) is 11.8 Å². The predicted octanol–water partition coefficient (Wildman–Crippen LogP) is 3.01. The van der Waals surface area contributed by atoms with Crippen LogP contribution in [0.4, 0.5) is 5.69 Å². The van der Waals surface area contributed by atoms with Crippen molar-refractivity contribution in [2.24, 2.45) is 11.8 Å². The summed E-state index contributed by atoms with van der Waals surface area (Å²) < 4.78 is 0. The van der Waals surface area contributed by atoms with Gasteiger partial charge in [-0.2, -0.15) is 0 Å². The van der Waals surface area contributed by atoms with Crippen molar-refractivity contribution in [2.45, 2.75) is 18.0 Å². The quantitative estimate of drug-likeness (QED) is 0.321. The summed E-state index contributed by atoms with van der Waals surface area (Å²) in [6.45, 7) is 0.297. The minimum atomic E-state index is -2.12. The number of fused-ring (bicyclic) bond motifs is 1. The molecular formula is C29H27N3O6. The number of likely N-dealkylation sites (tertiary alicyclic amines) is 1. The van der Waals surface area contributed by atoms with Crippen LogP contribution in [0.1, 0.15) is 18.0 Å². The van der Waals surface area contributed by atoms with Gasteiger partial charge in [0.1, 0.15) is 5.54 Å². The number of nitrogens with zero attached hydrogens (tertiary/aromatic N) is 1. The highest BCUT2D eigenvalue weighted by molar-refractivity contribution is 6.10. The van der Waals surface area contributed by atoms with Crippen LogP contribution in [-0.4, -0.2) is 57.5 Å². The Labute approximate surface area is 219 Å². The molecule has 2 amide bonds. The Kier molecular flexibility index (Phi) is 6.69. The number of carboxylic acid groups (broad SMARTS) is 2. The summed E-state index contributed by atoms with van der Waals surface area (Å²) in [7, 11) is 0. The Balaban J connectivity index is 1.46. The van der Waals surface area contributed by atoms with E-state index in [9.17, 15) is 29.4 Å². The molecule has 4 unspecified atom stereocenters. The van der Waals surface area contributed by atoms with Gasteiger partial charge in [-0.3, -0.25) is 29.4 Å². The fourth-order valence-electron chi connectivity index (χ4n) is 5.62. The van der Waals surface area contributed by atoms with Crippen molar-refractivity contribution in [1.82, 2.24) is 10.2 Å². The minimum absolute atomic E-state index is 0.0298. The number of para-hydroxylation sites is 1. The number of carbonyl (C=O) groups is 4. The molecule has 9 nitrogen and oxygen atoms in total. The molecule has 9 heteroatoms. The van der Waals surface area contributed by atoms with Crippen molar-refractivity contribution in [2.75, 3.05) is 18.4 Å². The first-order chi connectivity index (χ1) is 18.3. The van der Waals surface area contributed by atoms with E-state index in [0.29, 0.717) is 5.56 Å². The summed E-state index contributed by atoms with van der Waals surface area (Å²) in [6, 6.07) is 25.4. The molecule has 0 spiro atoms. The van der Waals surface area contributed by atoms with Crippen LogP contribution in [0.15, 0.2) is 84.9 Å². The van der Waals surface area contributed by atoms with Gasteiger partial charge in [-0.05, 0) is 28.8 Å². The Morgan fingerprint density at radius 3 is 2.05 bits per heavy atom.